The van der Waals surface area contributed by atoms with Crippen molar-refractivity contribution in [1.82, 2.24) is 0 Å². The second kappa shape index (κ2) is 37.5. The first-order valence-electron chi connectivity index (χ1n) is 24.1. The summed E-state index contributed by atoms with van der Waals surface area (Å²) < 4.78 is 6.84. The lowest BCUT2D eigenvalue weighted by atomic mass is 9.84. The lowest BCUT2D eigenvalue weighted by Crippen LogP contribution is -2.54. The summed E-state index contributed by atoms with van der Waals surface area (Å²) in [6.07, 6.45) is 40.2. The Hall–Kier alpha value is -0.720. The zero-order valence-corrected chi connectivity index (χ0v) is 37.5. The third-order valence-electron chi connectivity index (χ3n) is 12.1. The van der Waals surface area contributed by atoms with Crippen molar-refractivity contribution in [3.63, 3.8) is 0 Å². The molecule has 0 spiro atoms. The van der Waals surface area contributed by atoms with Crippen molar-refractivity contribution in [3.05, 3.63) is 25.3 Å². The van der Waals surface area contributed by atoms with E-state index in [1.165, 1.54) is 128 Å². The Kier molecular flexibility index (Phi) is 37.1. The van der Waals surface area contributed by atoms with Crippen molar-refractivity contribution in [1.29, 1.82) is 0 Å². The molecule has 0 aliphatic rings. The molecule has 5 nitrogen and oxygen atoms in total. The maximum Gasteiger partial charge on any atom is 0.114 e. The molecule has 4 atom stereocenters. The van der Waals surface area contributed by atoms with Gasteiger partial charge in [0.25, 0.3) is 0 Å². The molecule has 5 heteroatoms. The first kappa shape index (κ1) is 54.3. The van der Waals surface area contributed by atoms with E-state index in [2.05, 4.69) is 40.9 Å². The second-order valence-corrected chi connectivity index (χ2v) is 18.4. The Bertz CT molecular complexity index is 763. The fourth-order valence-corrected chi connectivity index (χ4v) is 8.19. The quantitative estimate of drug-likeness (QED) is 0.0365. The molecule has 0 rings (SSSR count). The van der Waals surface area contributed by atoms with Gasteiger partial charge in [-0.15, -0.1) is 13.2 Å². The first-order valence-corrected chi connectivity index (χ1v) is 24.1. The van der Waals surface area contributed by atoms with E-state index in [4.69, 9.17) is 4.74 Å². The molecule has 0 saturated heterocycles. The minimum absolute atomic E-state index is 0.370. The summed E-state index contributed by atoms with van der Waals surface area (Å²) in [7, 11) is 0. The Morgan fingerprint density at radius 3 is 0.891 bits per heavy atom. The molecule has 0 aromatic rings. The molecular formula is C50H98O5. The van der Waals surface area contributed by atoms with E-state index in [1.54, 1.807) is 0 Å². The highest BCUT2D eigenvalue weighted by molar-refractivity contribution is 4.93. The zero-order valence-electron chi connectivity index (χ0n) is 37.5. The fraction of sp³-hybridized carbons (Fsp3) is 0.920. The van der Waals surface area contributed by atoms with Gasteiger partial charge in [0, 0.05) is 0 Å². The highest BCUT2D eigenvalue weighted by Gasteiger charge is 2.43. The van der Waals surface area contributed by atoms with Crippen LogP contribution in [-0.4, -0.2) is 57.0 Å². The van der Waals surface area contributed by atoms with Crippen molar-refractivity contribution in [2.24, 2.45) is 11.8 Å². The van der Waals surface area contributed by atoms with Gasteiger partial charge in [0.2, 0.25) is 0 Å². The van der Waals surface area contributed by atoms with Crippen molar-refractivity contribution in [3.8, 4) is 0 Å². The molecule has 0 aliphatic carbocycles. The standard InChI is InChI=1S/C50H98O5/c1-7-9-11-35-41-49(53,43-51)47(39-33-29-25-21-17-13-15-19-23-27-31-37-45(3)4)55-48(50(54,44-52)42-36-12-10-8-2)40-34-30-26-22-18-14-16-20-24-28-32-38-46(5)6/h7-8,45-48,51-54H,1-2,9-44H2,3-6H3. The van der Waals surface area contributed by atoms with Gasteiger partial charge in [-0.3, -0.25) is 0 Å². The predicted molar refractivity (Wildman–Crippen MR) is 240 cm³/mol. The number of hydrogen-bond donors (Lipinski definition) is 4. The molecule has 4 unspecified atom stereocenters. The molecule has 0 aromatic heterocycles. The van der Waals surface area contributed by atoms with Gasteiger partial charge in [-0.2, -0.15) is 0 Å². The molecule has 4 N–H and O–H groups in total. The van der Waals surface area contributed by atoms with Crippen molar-refractivity contribution in [2.45, 2.75) is 269 Å². The molecule has 0 radical (unpaired) electrons. The first-order chi connectivity index (χ1) is 26.6. The van der Waals surface area contributed by atoms with E-state index in [0.29, 0.717) is 25.7 Å². The van der Waals surface area contributed by atoms with E-state index in [0.717, 1.165) is 76.0 Å². The summed E-state index contributed by atoms with van der Waals surface area (Å²) in [5.74, 6) is 1.64. The van der Waals surface area contributed by atoms with Gasteiger partial charge in [0.15, 0.2) is 0 Å². The fourth-order valence-electron chi connectivity index (χ4n) is 8.19. The number of allylic oxidation sites excluding steroid dienone is 2. The summed E-state index contributed by atoms with van der Waals surface area (Å²) in [4.78, 5) is 0. The van der Waals surface area contributed by atoms with Crippen LogP contribution in [0.25, 0.3) is 0 Å². The summed E-state index contributed by atoms with van der Waals surface area (Å²) in [6.45, 7) is 16.2. The smallest absolute Gasteiger partial charge is 0.114 e. The van der Waals surface area contributed by atoms with Gasteiger partial charge in [0.05, 0.1) is 25.4 Å². The van der Waals surface area contributed by atoms with Crippen LogP contribution >= 0.6 is 0 Å². The molecule has 0 aromatic carbocycles. The second-order valence-electron chi connectivity index (χ2n) is 18.4. The molecule has 0 heterocycles. The van der Waals surface area contributed by atoms with E-state index in [1.807, 2.05) is 12.2 Å². The van der Waals surface area contributed by atoms with Crippen LogP contribution in [0.4, 0.5) is 0 Å². The van der Waals surface area contributed by atoms with Gasteiger partial charge in [0.1, 0.15) is 11.2 Å². The normalized spacial score (nSPS) is 15.3. The summed E-state index contributed by atoms with van der Waals surface area (Å²) in [5.41, 5.74) is -2.77. The van der Waals surface area contributed by atoms with Crippen molar-refractivity contribution in [2.75, 3.05) is 13.2 Å². The molecule has 0 amide bonds. The monoisotopic (exact) mass is 779 g/mol. The topological polar surface area (TPSA) is 90.2 Å². The maximum atomic E-state index is 12.0. The number of aliphatic hydroxyl groups excluding tert-OH is 2. The number of ether oxygens (including phenoxy) is 1. The molecule has 55 heavy (non-hydrogen) atoms. The van der Waals surface area contributed by atoms with Crippen LogP contribution in [-0.2, 0) is 4.74 Å². The molecule has 0 bridgehead atoms. The van der Waals surface area contributed by atoms with E-state index in [9.17, 15) is 20.4 Å². The van der Waals surface area contributed by atoms with Crippen LogP contribution < -0.4 is 0 Å². The lowest BCUT2D eigenvalue weighted by molar-refractivity contribution is -0.211. The van der Waals surface area contributed by atoms with E-state index >= 15 is 0 Å². The molecule has 0 fully saturated rings. The van der Waals surface area contributed by atoms with Gasteiger partial charge in [-0.1, -0.05) is 207 Å². The van der Waals surface area contributed by atoms with Crippen LogP contribution in [0.2, 0.25) is 0 Å². The number of unbranched alkanes of at least 4 members (excludes halogenated alkanes) is 24. The largest absolute Gasteiger partial charge is 0.393 e. The van der Waals surface area contributed by atoms with E-state index in [-0.39, 0.29) is 13.2 Å². The average molecular weight is 779 g/mol. The van der Waals surface area contributed by atoms with Crippen LogP contribution in [0.5, 0.6) is 0 Å². The van der Waals surface area contributed by atoms with Crippen molar-refractivity contribution >= 4 is 0 Å². The number of hydrogen-bond acceptors (Lipinski definition) is 5. The van der Waals surface area contributed by atoms with Crippen molar-refractivity contribution < 1.29 is 25.2 Å². The van der Waals surface area contributed by atoms with Gasteiger partial charge < -0.3 is 25.2 Å². The zero-order chi connectivity index (χ0) is 40.9. The maximum absolute atomic E-state index is 12.0. The Morgan fingerprint density at radius 1 is 0.400 bits per heavy atom. The van der Waals surface area contributed by atoms with Crippen LogP contribution in [0.15, 0.2) is 25.3 Å². The number of aliphatic hydroxyl groups is 4. The van der Waals surface area contributed by atoms with Crippen LogP contribution in [0, 0.1) is 11.8 Å². The molecule has 0 aliphatic heterocycles. The summed E-state index contributed by atoms with van der Waals surface area (Å²) in [5, 5.41) is 45.2. The summed E-state index contributed by atoms with van der Waals surface area (Å²) >= 11 is 0. The molecule has 0 saturated carbocycles. The van der Waals surface area contributed by atoms with Crippen LogP contribution in [0.3, 0.4) is 0 Å². The Labute approximate surface area is 344 Å². The lowest BCUT2D eigenvalue weighted by Gasteiger charge is -2.42. The van der Waals surface area contributed by atoms with Gasteiger partial charge in [-0.25, -0.2) is 0 Å². The predicted octanol–water partition coefficient (Wildman–Crippen LogP) is 14.1. The van der Waals surface area contributed by atoms with Gasteiger partial charge in [-0.05, 0) is 63.2 Å². The third-order valence-corrected chi connectivity index (χ3v) is 12.1. The SMILES string of the molecule is C=CCCCCC(O)(CO)C(CCCCCCCCCCCCCC(C)C)OC(CCCCCCCCCCCCCC(C)C)C(O)(CO)CCCCC=C. The van der Waals surface area contributed by atoms with E-state index < -0.39 is 23.4 Å². The molecule has 328 valence electrons. The van der Waals surface area contributed by atoms with Crippen LogP contribution in [0.1, 0.15) is 246 Å². The minimum Gasteiger partial charge on any atom is -0.393 e. The Balaban J connectivity index is 5.24. The highest BCUT2D eigenvalue weighted by atomic mass is 16.5. The molecular weight excluding hydrogens is 681 g/mol. The average Bonchev–Trinajstić information content (AvgIpc) is 3.17. The third kappa shape index (κ3) is 31.0. The van der Waals surface area contributed by atoms with Gasteiger partial charge >= 0.3 is 0 Å². The number of rotatable bonds is 44. The summed E-state index contributed by atoms with van der Waals surface area (Å²) in [6, 6.07) is 0. The Morgan fingerprint density at radius 2 is 0.655 bits per heavy atom. The minimum atomic E-state index is -1.39. The highest BCUT2D eigenvalue weighted by Crippen LogP contribution is 2.33.